The zero-order valence-corrected chi connectivity index (χ0v) is 14.1. The molecule has 1 aromatic rings. The molecular weight excluding hydrogens is 266 g/mol. The zero-order chi connectivity index (χ0) is 16.2. The molecule has 0 fully saturated rings. The first-order valence-electron chi connectivity index (χ1n) is 7.70. The van der Waals surface area contributed by atoms with Gasteiger partial charge in [-0.1, -0.05) is 34.6 Å². The van der Waals surface area contributed by atoms with Gasteiger partial charge in [0.15, 0.2) is 0 Å². The second kappa shape index (κ2) is 7.07. The van der Waals surface area contributed by atoms with Crippen LogP contribution in [0, 0.1) is 5.41 Å². The Labute approximate surface area is 127 Å². The minimum absolute atomic E-state index is 0.0620. The number of aryl methyl sites for hydroxylation is 1. The average Bonchev–Trinajstić information content (AvgIpc) is 2.81. The maximum atomic E-state index is 12.5. The minimum atomic E-state index is -0.121. The first kappa shape index (κ1) is 17.7. The summed E-state index contributed by atoms with van der Waals surface area (Å²) in [5, 5.41) is 16.7. The molecule has 1 rings (SSSR count). The van der Waals surface area contributed by atoms with E-state index in [1.807, 2.05) is 13.0 Å². The van der Waals surface area contributed by atoms with Crippen LogP contribution in [0.15, 0.2) is 6.07 Å². The molecule has 5 nitrogen and oxygen atoms in total. The highest BCUT2D eigenvalue weighted by molar-refractivity contribution is 5.93. The Balaban J connectivity index is 2.97. The van der Waals surface area contributed by atoms with Crippen molar-refractivity contribution in [2.45, 2.75) is 66.5 Å². The van der Waals surface area contributed by atoms with Gasteiger partial charge in [-0.05, 0) is 30.7 Å². The minimum Gasteiger partial charge on any atom is -0.396 e. The molecule has 1 amide bonds. The van der Waals surface area contributed by atoms with Crippen LogP contribution in [0.5, 0.6) is 0 Å². The number of aliphatic hydroxyl groups excluding tert-OH is 1. The molecule has 0 bridgehead atoms. The summed E-state index contributed by atoms with van der Waals surface area (Å²) in [7, 11) is 0. The number of nitrogens with one attached hydrogen (secondary N) is 1. The fourth-order valence-corrected chi connectivity index (χ4v) is 2.23. The fraction of sp³-hybridized carbons (Fsp3) is 0.750. The van der Waals surface area contributed by atoms with Crippen molar-refractivity contribution in [1.29, 1.82) is 0 Å². The molecule has 0 aromatic carbocycles. The number of aliphatic hydroxyl groups is 1. The summed E-state index contributed by atoms with van der Waals surface area (Å²) < 4.78 is 1.74. The van der Waals surface area contributed by atoms with Crippen LogP contribution >= 0.6 is 0 Å². The SMILES string of the molecule is CCn1nc(C(C)C)cc1C(=O)NC(CCO)C(C)(C)C. The van der Waals surface area contributed by atoms with Crippen molar-refractivity contribution in [3.8, 4) is 0 Å². The lowest BCUT2D eigenvalue weighted by molar-refractivity contribution is 0.0874. The lowest BCUT2D eigenvalue weighted by Gasteiger charge is -2.31. The summed E-state index contributed by atoms with van der Waals surface area (Å²) in [6.45, 7) is 13.0. The summed E-state index contributed by atoms with van der Waals surface area (Å²) in [5.41, 5.74) is 1.42. The largest absolute Gasteiger partial charge is 0.396 e. The van der Waals surface area contributed by atoms with Crippen LogP contribution in [0.3, 0.4) is 0 Å². The Morgan fingerprint density at radius 2 is 2.05 bits per heavy atom. The van der Waals surface area contributed by atoms with Gasteiger partial charge in [0.25, 0.3) is 5.91 Å². The molecule has 0 saturated heterocycles. The molecular formula is C16H29N3O2. The van der Waals surface area contributed by atoms with E-state index in [1.54, 1.807) is 4.68 Å². The van der Waals surface area contributed by atoms with Crippen molar-refractivity contribution in [2.24, 2.45) is 5.41 Å². The Morgan fingerprint density at radius 1 is 1.43 bits per heavy atom. The quantitative estimate of drug-likeness (QED) is 0.847. The van der Waals surface area contributed by atoms with Crippen molar-refractivity contribution in [1.82, 2.24) is 15.1 Å². The van der Waals surface area contributed by atoms with Gasteiger partial charge in [0.05, 0.1) is 5.69 Å². The predicted molar refractivity (Wildman–Crippen MR) is 84.4 cm³/mol. The van der Waals surface area contributed by atoms with E-state index in [-0.39, 0.29) is 24.0 Å². The average molecular weight is 295 g/mol. The number of carbonyl (C=O) groups is 1. The summed E-state index contributed by atoms with van der Waals surface area (Å²) in [4.78, 5) is 12.5. The Hall–Kier alpha value is -1.36. The van der Waals surface area contributed by atoms with Gasteiger partial charge in [-0.2, -0.15) is 5.10 Å². The molecule has 1 aromatic heterocycles. The van der Waals surface area contributed by atoms with Crippen molar-refractivity contribution < 1.29 is 9.90 Å². The van der Waals surface area contributed by atoms with Crippen LogP contribution in [0.25, 0.3) is 0 Å². The Kier molecular flexibility index (Phi) is 5.96. The van der Waals surface area contributed by atoms with Crippen LogP contribution in [-0.2, 0) is 6.54 Å². The second-order valence-electron chi connectivity index (χ2n) is 6.83. The highest BCUT2D eigenvalue weighted by atomic mass is 16.3. The van der Waals surface area contributed by atoms with E-state index < -0.39 is 0 Å². The van der Waals surface area contributed by atoms with E-state index >= 15 is 0 Å². The zero-order valence-electron chi connectivity index (χ0n) is 14.1. The van der Waals surface area contributed by atoms with E-state index in [4.69, 9.17) is 0 Å². The maximum Gasteiger partial charge on any atom is 0.269 e. The number of hydrogen-bond acceptors (Lipinski definition) is 3. The smallest absolute Gasteiger partial charge is 0.269 e. The standard InChI is InChI=1S/C16H29N3O2/c1-7-19-13(10-12(18-19)11(2)3)15(21)17-14(8-9-20)16(4,5)6/h10-11,14,20H,7-9H2,1-6H3,(H,17,21). The first-order valence-corrected chi connectivity index (χ1v) is 7.70. The van der Waals surface area contributed by atoms with Gasteiger partial charge in [0, 0.05) is 19.2 Å². The normalized spacial score (nSPS) is 13.5. The van der Waals surface area contributed by atoms with Crippen LogP contribution in [0.2, 0.25) is 0 Å². The van der Waals surface area contributed by atoms with Crippen LogP contribution in [0.1, 0.15) is 70.1 Å². The molecule has 5 heteroatoms. The van der Waals surface area contributed by atoms with Gasteiger partial charge in [-0.15, -0.1) is 0 Å². The third kappa shape index (κ3) is 4.56. The molecule has 0 aliphatic heterocycles. The maximum absolute atomic E-state index is 12.5. The summed E-state index contributed by atoms with van der Waals surface area (Å²) in [6.07, 6.45) is 0.548. The number of aromatic nitrogens is 2. The summed E-state index contributed by atoms with van der Waals surface area (Å²) >= 11 is 0. The van der Waals surface area contributed by atoms with Gasteiger partial charge < -0.3 is 10.4 Å². The Morgan fingerprint density at radius 3 is 2.48 bits per heavy atom. The van der Waals surface area contributed by atoms with E-state index in [2.05, 4.69) is 45.0 Å². The molecule has 2 N–H and O–H groups in total. The molecule has 0 saturated carbocycles. The molecule has 0 radical (unpaired) electrons. The van der Waals surface area contributed by atoms with Gasteiger partial charge in [0.2, 0.25) is 0 Å². The monoisotopic (exact) mass is 295 g/mol. The third-order valence-corrected chi connectivity index (χ3v) is 3.69. The van der Waals surface area contributed by atoms with Crippen LogP contribution < -0.4 is 5.32 Å². The summed E-state index contributed by atoms with van der Waals surface area (Å²) in [6, 6.07) is 1.79. The third-order valence-electron chi connectivity index (χ3n) is 3.69. The predicted octanol–water partition coefficient (Wildman–Crippen LogP) is 2.55. The van der Waals surface area contributed by atoms with Crippen molar-refractivity contribution in [2.75, 3.05) is 6.61 Å². The second-order valence-corrected chi connectivity index (χ2v) is 6.83. The molecule has 120 valence electrons. The van der Waals surface area contributed by atoms with Crippen LogP contribution in [-0.4, -0.2) is 33.4 Å². The lowest BCUT2D eigenvalue weighted by atomic mass is 9.85. The first-order chi connectivity index (χ1) is 9.70. The van der Waals surface area contributed by atoms with Crippen molar-refractivity contribution >= 4 is 5.91 Å². The molecule has 0 aliphatic carbocycles. The molecule has 1 heterocycles. The number of rotatable bonds is 6. The van der Waals surface area contributed by atoms with Crippen LogP contribution in [0.4, 0.5) is 0 Å². The number of nitrogens with zero attached hydrogens (tertiary/aromatic N) is 2. The van der Waals surface area contributed by atoms with Crippen molar-refractivity contribution in [3.05, 3.63) is 17.5 Å². The molecule has 1 atom stereocenters. The van der Waals surface area contributed by atoms with Gasteiger partial charge in [-0.25, -0.2) is 0 Å². The molecule has 0 aliphatic rings. The fourth-order valence-electron chi connectivity index (χ4n) is 2.23. The van der Waals surface area contributed by atoms with Gasteiger partial charge in [-0.3, -0.25) is 9.48 Å². The summed E-state index contributed by atoms with van der Waals surface area (Å²) in [5.74, 6) is 0.171. The molecule has 21 heavy (non-hydrogen) atoms. The van der Waals surface area contributed by atoms with Crippen molar-refractivity contribution in [3.63, 3.8) is 0 Å². The van der Waals surface area contributed by atoms with E-state index in [1.165, 1.54) is 0 Å². The van der Waals surface area contributed by atoms with Gasteiger partial charge >= 0.3 is 0 Å². The topological polar surface area (TPSA) is 67.2 Å². The van der Waals surface area contributed by atoms with E-state index in [0.717, 1.165) is 5.69 Å². The van der Waals surface area contributed by atoms with E-state index in [0.29, 0.717) is 24.6 Å². The molecule has 0 spiro atoms. The highest BCUT2D eigenvalue weighted by Gasteiger charge is 2.27. The Bertz CT molecular complexity index is 472. The number of hydrogen-bond donors (Lipinski definition) is 2. The lowest BCUT2D eigenvalue weighted by Crippen LogP contribution is -2.44. The number of carbonyl (C=O) groups excluding carboxylic acids is 1. The van der Waals surface area contributed by atoms with E-state index in [9.17, 15) is 9.90 Å². The number of amides is 1. The van der Waals surface area contributed by atoms with Gasteiger partial charge in [0.1, 0.15) is 5.69 Å². The highest BCUT2D eigenvalue weighted by Crippen LogP contribution is 2.22. The molecule has 1 unspecified atom stereocenters.